The Kier molecular flexibility index (Phi) is 17.6. The Hall–Kier alpha value is -9.38. The van der Waals surface area contributed by atoms with Crippen LogP contribution in [0.1, 0.15) is 206 Å². The molecule has 16 nitrogen and oxygen atoms in total. The second kappa shape index (κ2) is 24.7. The van der Waals surface area contributed by atoms with Crippen molar-refractivity contribution in [2.75, 3.05) is 0 Å². The van der Waals surface area contributed by atoms with Gasteiger partial charge in [0.05, 0.1) is 33.5 Å². The van der Waals surface area contributed by atoms with Crippen LogP contribution in [-0.4, -0.2) is 62.9 Å². The van der Waals surface area contributed by atoms with Crippen molar-refractivity contribution in [3.8, 4) is 0 Å². The van der Waals surface area contributed by atoms with Crippen molar-refractivity contribution >= 4 is 57.7 Å². The lowest BCUT2D eigenvalue weighted by atomic mass is 9.89. The molecule has 6 aromatic heterocycles. The summed E-state index contributed by atoms with van der Waals surface area (Å²) in [5, 5.41) is 24.1. The first-order valence-corrected chi connectivity index (χ1v) is 28.7. The number of aromatic amines is 6. The van der Waals surface area contributed by atoms with E-state index in [0.29, 0.717) is 21.2 Å². The number of nitrogens with one attached hydrogen (secondary N) is 6. The van der Waals surface area contributed by atoms with Gasteiger partial charge < -0.3 is 29.9 Å². The molecule has 0 amide bonds. The van der Waals surface area contributed by atoms with Gasteiger partial charge >= 0.3 is 0 Å². The van der Waals surface area contributed by atoms with Crippen LogP contribution in [0.3, 0.4) is 0 Å². The molecule has 18 heteroatoms. The molecule has 0 spiro atoms. The lowest BCUT2D eigenvalue weighted by Gasteiger charge is -2.20. The highest BCUT2D eigenvalue weighted by molar-refractivity contribution is 6.30. The number of halogens is 2. The number of carbonyl (C=O) groups is 4. The predicted molar refractivity (Wildman–Crippen MR) is 336 cm³/mol. The number of aromatic nitrogens is 6. The van der Waals surface area contributed by atoms with E-state index in [4.69, 9.17) is 23.2 Å². The minimum absolute atomic E-state index is 0.0335. The maximum atomic E-state index is 12.5. The molecule has 0 bridgehead atoms. The molecule has 0 fully saturated rings. The van der Waals surface area contributed by atoms with Gasteiger partial charge in [-0.3, -0.25) is 39.4 Å². The highest BCUT2D eigenvalue weighted by Gasteiger charge is 2.33. The number of nitro groups is 2. The summed E-state index contributed by atoms with van der Waals surface area (Å²) in [7, 11) is 0. The molecule has 4 unspecified atom stereocenters. The van der Waals surface area contributed by atoms with Gasteiger partial charge in [-0.2, -0.15) is 0 Å². The summed E-state index contributed by atoms with van der Waals surface area (Å²) >= 11 is 12.5. The predicted octanol–water partition coefficient (Wildman–Crippen LogP) is 16.5. The number of H-pyrrole nitrogens is 6. The lowest BCUT2D eigenvalue weighted by Crippen LogP contribution is -2.10. The number of hydrogen-bond acceptors (Lipinski definition) is 8. The van der Waals surface area contributed by atoms with E-state index >= 15 is 0 Å². The Morgan fingerprint density at radius 2 is 0.535 bits per heavy atom. The van der Waals surface area contributed by atoms with Crippen LogP contribution in [0, 0.1) is 75.6 Å². The summed E-state index contributed by atoms with van der Waals surface area (Å²) in [5.41, 5.74) is 19.7. The van der Waals surface area contributed by atoms with E-state index in [1.165, 1.54) is 38.1 Å². The van der Waals surface area contributed by atoms with Gasteiger partial charge in [-0.25, -0.2) is 0 Å². The third-order valence-electron chi connectivity index (χ3n) is 16.5. The van der Waals surface area contributed by atoms with E-state index in [2.05, 4.69) is 42.0 Å². The van der Waals surface area contributed by atoms with Crippen molar-refractivity contribution in [2.45, 2.75) is 107 Å². The van der Waals surface area contributed by atoms with Crippen molar-refractivity contribution in [2.24, 2.45) is 0 Å². The van der Waals surface area contributed by atoms with Gasteiger partial charge in [-0.15, -0.1) is 0 Å². The molecule has 4 aromatic carbocycles. The molecular weight excluding hydrogens is 1130 g/mol. The van der Waals surface area contributed by atoms with Crippen molar-refractivity contribution < 1.29 is 29.0 Å². The Balaban J connectivity index is 0.000000206. The molecule has 0 radical (unpaired) electrons. The number of ketones is 4. The van der Waals surface area contributed by atoms with E-state index in [1.807, 2.05) is 116 Å². The van der Waals surface area contributed by atoms with Crippen molar-refractivity contribution in [1.29, 1.82) is 0 Å². The van der Waals surface area contributed by atoms with Crippen LogP contribution in [0.25, 0.3) is 0 Å². The SMILES string of the molecule is CC(=O)c1c(C)[nH]c(C(c2ccc(Cl)cc2)c2ccc(C(c3ccc(Cl)cc3)c3[nH]c(C)c(C(C)=O)c3C)[nH]2)c1C.CC(=O)c1c(C)[nH]c(C(c2ccc([N+](=O)[O-])cc2)c2ccc(C(c3ccc([N+](=O)[O-])cc3)c3[nH]c(C)c(C(C)=O)c3C)[nH]2)c1C. The summed E-state index contributed by atoms with van der Waals surface area (Å²) < 4.78 is 0. The van der Waals surface area contributed by atoms with E-state index in [9.17, 15) is 39.4 Å². The summed E-state index contributed by atoms with van der Waals surface area (Å²) in [5.74, 6) is -1.35. The largest absolute Gasteiger partial charge is 0.361 e. The Morgan fingerprint density at radius 1 is 0.337 bits per heavy atom. The monoisotopic (exact) mass is 1190 g/mol. The van der Waals surface area contributed by atoms with Crippen molar-refractivity contribution in [1.82, 2.24) is 29.9 Å². The Morgan fingerprint density at radius 3 is 0.709 bits per heavy atom. The van der Waals surface area contributed by atoms with Gasteiger partial charge in [0.1, 0.15) is 0 Å². The molecule has 0 saturated carbocycles. The molecule has 6 heterocycles. The molecular formula is C68H66Cl2N8O8. The first-order valence-electron chi connectivity index (χ1n) is 27.9. The molecule has 10 rings (SSSR count). The van der Waals surface area contributed by atoms with E-state index in [1.54, 1.807) is 38.1 Å². The standard InChI is InChI=1S/C34H33Cl2N3O2.C34H33N5O6/c1-17-29(21(5)40)19(3)37-33(17)31(23-7-11-25(35)12-8-23)27-15-16-28(39-27)32(24-9-13-26(36)14-10-24)34-18(2)30(22(6)41)20(4)38-34;1-17-29(21(5)40)19(3)35-33(17)31(23-7-11-25(12-8-23)38(42)43)27-15-16-28(37-27)32(24-9-13-26(14-10-24)39(44)45)34-18(2)30(22(6)41)20(4)36-34/h7-16,31-32,37-39H,1-6H3;7-16,31-32,35-37H,1-6H3. The number of benzene rings is 4. The fourth-order valence-corrected chi connectivity index (χ4v) is 13.0. The molecule has 0 aliphatic heterocycles. The molecule has 0 aliphatic rings. The minimum atomic E-state index is -0.450. The number of rotatable bonds is 18. The molecule has 86 heavy (non-hydrogen) atoms. The Bertz CT molecular complexity index is 4000. The summed E-state index contributed by atoms with van der Waals surface area (Å²) in [4.78, 5) is 93.1. The molecule has 10 aromatic rings. The average Bonchev–Trinajstić information content (AvgIpc) is 1.87. The fourth-order valence-electron chi connectivity index (χ4n) is 12.8. The van der Waals surface area contributed by atoms with Gasteiger partial charge in [-0.05, 0) is 176 Å². The van der Waals surface area contributed by atoms with Crippen LogP contribution in [-0.2, 0) is 0 Å². The summed E-state index contributed by atoms with van der Waals surface area (Å²) in [6.45, 7) is 21.5. The maximum absolute atomic E-state index is 12.5. The van der Waals surface area contributed by atoms with Crippen LogP contribution in [0.2, 0.25) is 10.0 Å². The van der Waals surface area contributed by atoms with Crippen LogP contribution in [0.5, 0.6) is 0 Å². The number of nitrogens with zero attached hydrogens (tertiary/aromatic N) is 2. The number of carbonyl (C=O) groups excluding carboxylic acids is 4. The molecule has 440 valence electrons. The minimum Gasteiger partial charge on any atom is -0.361 e. The second-order valence-electron chi connectivity index (χ2n) is 22.1. The zero-order valence-electron chi connectivity index (χ0n) is 49.8. The first kappa shape index (κ1) is 61.2. The number of hydrogen-bond donors (Lipinski definition) is 6. The second-order valence-corrected chi connectivity index (χ2v) is 23.0. The summed E-state index contributed by atoms with van der Waals surface area (Å²) in [6.07, 6.45) is 0. The number of aryl methyl sites for hydroxylation is 4. The van der Waals surface area contributed by atoms with Gasteiger partial charge in [0.25, 0.3) is 11.4 Å². The topological polar surface area (TPSA) is 249 Å². The van der Waals surface area contributed by atoms with Crippen molar-refractivity contribution in [3.05, 3.63) is 287 Å². The van der Waals surface area contributed by atoms with Crippen LogP contribution >= 0.6 is 23.2 Å². The normalized spacial score (nSPS) is 12.7. The van der Waals surface area contributed by atoms with E-state index < -0.39 is 21.7 Å². The zero-order chi connectivity index (χ0) is 62.3. The van der Waals surface area contributed by atoms with Gasteiger partial charge in [0.2, 0.25) is 0 Å². The zero-order valence-corrected chi connectivity index (χ0v) is 51.3. The molecule has 4 atom stereocenters. The quantitative estimate of drug-likeness (QED) is 0.0273. The average molecular weight is 1190 g/mol. The molecule has 6 N–H and O–H groups in total. The lowest BCUT2D eigenvalue weighted by molar-refractivity contribution is -0.385. The number of non-ortho nitro benzene ring substituents is 2. The van der Waals surface area contributed by atoms with E-state index in [-0.39, 0.29) is 46.3 Å². The number of nitro benzene ring substituents is 2. The highest BCUT2D eigenvalue weighted by atomic mass is 35.5. The first-order chi connectivity index (χ1) is 40.8. The van der Waals surface area contributed by atoms with E-state index in [0.717, 1.165) is 124 Å². The third-order valence-corrected chi connectivity index (χ3v) is 17.0. The van der Waals surface area contributed by atoms with Crippen LogP contribution in [0.4, 0.5) is 11.4 Å². The smallest absolute Gasteiger partial charge is 0.269 e. The van der Waals surface area contributed by atoms with Crippen LogP contribution < -0.4 is 0 Å². The molecule has 0 aliphatic carbocycles. The number of Topliss-reactive ketones (excluding diaryl/α,β-unsaturated/α-hetero) is 4. The van der Waals surface area contributed by atoms with Gasteiger partial charge in [-0.1, -0.05) is 71.7 Å². The summed E-state index contributed by atoms with van der Waals surface area (Å²) in [6, 6.07) is 36.3. The van der Waals surface area contributed by atoms with Gasteiger partial charge in [0.15, 0.2) is 23.1 Å². The highest BCUT2D eigenvalue weighted by Crippen LogP contribution is 2.43. The maximum Gasteiger partial charge on any atom is 0.269 e. The van der Waals surface area contributed by atoms with Gasteiger partial charge in [0, 0.05) is 125 Å². The Labute approximate surface area is 507 Å². The fraction of sp³-hybridized carbons (Fsp3) is 0.235. The third kappa shape index (κ3) is 11.9. The van der Waals surface area contributed by atoms with Crippen molar-refractivity contribution in [3.63, 3.8) is 0 Å². The molecule has 0 saturated heterocycles. The van der Waals surface area contributed by atoms with Crippen LogP contribution in [0.15, 0.2) is 121 Å².